The average molecular weight is 272 g/mol. The van der Waals surface area contributed by atoms with Crippen LogP contribution in [0.4, 0.5) is 0 Å². The highest BCUT2D eigenvalue weighted by molar-refractivity contribution is 5.97. The Hall–Kier alpha value is -1.70. The van der Waals surface area contributed by atoms with Gasteiger partial charge in [-0.25, -0.2) is 0 Å². The van der Waals surface area contributed by atoms with Gasteiger partial charge in [0.15, 0.2) is 5.78 Å². The summed E-state index contributed by atoms with van der Waals surface area (Å²) in [5, 5.41) is 0. The van der Waals surface area contributed by atoms with Crippen molar-refractivity contribution >= 4 is 17.6 Å². The summed E-state index contributed by atoms with van der Waals surface area (Å²) < 4.78 is 0. The fraction of sp³-hybridized carbons (Fsp3) is 0.444. The quantitative estimate of drug-likeness (QED) is 0.746. The Balaban J connectivity index is 0.000000217. The van der Waals surface area contributed by atoms with Gasteiger partial charge in [0.1, 0.15) is 5.78 Å². The first-order valence-electron chi connectivity index (χ1n) is 7.25. The van der Waals surface area contributed by atoms with Crippen molar-refractivity contribution in [1.29, 1.82) is 0 Å². The molecule has 20 heavy (non-hydrogen) atoms. The first kappa shape index (κ1) is 16.4. The van der Waals surface area contributed by atoms with E-state index in [0.717, 1.165) is 30.4 Å². The Labute approximate surface area is 121 Å². The van der Waals surface area contributed by atoms with E-state index in [1.165, 1.54) is 6.42 Å². The molecule has 0 aromatic heterocycles. The topological polar surface area (TPSA) is 34.1 Å². The molecular weight excluding hydrogens is 248 g/mol. The minimum absolute atomic E-state index is 0.124. The second-order valence-corrected chi connectivity index (χ2v) is 5.53. The van der Waals surface area contributed by atoms with Crippen molar-refractivity contribution in [3.63, 3.8) is 0 Å². The molecule has 2 nitrogen and oxygen atoms in total. The van der Waals surface area contributed by atoms with Crippen molar-refractivity contribution in [2.45, 2.75) is 46.5 Å². The monoisotopic (exact) mass is 272 g/mol. The molecule has 0 heterocycles. The van der Waals surface area contributed by atoms with Crippen LogP contribution in [0, 0.1) is 5.92 Å². The highest BCUT2D eigenvalue weighted by Crippen LogP contribution is 2.19. The summed E-state index contributed by atoms with van der Waals surface area (Å²) in [6.45, 7) is 5.56. The maximum atomic E-state index is 10.9. The Morgan fingerprint density at radius 3 is 2.30 bits per heavy atom. The van der Waals surface area contributed by atoms with Crippen LogP contribution in [0.5, 0.6) is 0 Å². The van der Waals surface area contributed by atoms with Gasteiger partial charge < -0.3 is 0 Å². The number of carbonyl (C=O) groups is 2. The van der Waals surface area contributed by atoms with Gasteiger partial charge in [0.2, 0.25) is 0 Å². The molecule has 0 bridgehead atoms. The van der Waals surface area contributed by atoms with Crippen LogP contribution in [0.15, 0.2) is 35.9 Å². The molecule has 108 valence electrons. The van der Waals surface area contributed by atoms with Crippen LogP contribution in [-0.2, 0) is 9.59 Å². The van der Waals surface area contributed by atoms with Crippen molar-refractivity contribution < 1.29 is 9.59 Å². The molecule has 1 fully saturated rings. The first-order chi connectivity index (χ1) is 9.49. The number of rotatable bonds is 2. The maximum absolute atomic E-state index is 10.9. The lowest BCUT2D eigenvalue weighted by Crippen LogP contribution is -2.11. The second kappa shape index (κ2) is 8.47. The van der Waals surface area contributed by atoms with Crippen LogP contribution in [0.2, 0.25) is 0 Å². The summed E-state index contributed by atoms with van der Waals surface area (Å²) >= 11 is 0. The van der Waals surface area contributed by atoms with Crippen LogP contribution < -0.4 is 0 Å². The van der Waals surface area contributed by atoms with Crippen LogP contribution >= 0.6 is 0 Å². The van der Waals surface area contributed by atoms with E-state index >= 15 is 0 Å². The third kappa shape index (κ3) is 6.46. The number of carbonyl (C=O) groups excluding carboxylic acids is 2. The Bertz CT molecular complexity index is 471. The summed E-state index contributed by atoms with van der Waals surface area (Å²) in [7, 11) is 0. The van der Waals surface area contributed by atoms with Gasteiger partial charge in [0.25, 0.3) is 0 Å². The second-order valence-electron chi connectivity index (χ2n) is 5.53. The number of hydrogen-bond donors (Lipinski definition) is 0. The molecule has 2 rings (SSSR count). The van der Waals surface area contributed by atoms with Crippen molar-refractivity contribution in [3.05, 3.63) is 41.5 Å². The van der Waals surface area contributed by atoms with Crippen LogP contribution in [-0.4, -0.2) is 11.6 Å². The van der Waals surface area contributed by atoms with Crippen molar-refractivity contribution in [1.82, 2.24) is 0 Å². The SMILES string of the molecule is CC(=O)/C(C)=C\c1ccccc1.CC1CCCC(=O)C1. The lowest BCUT2D eigenvalue weighted by molar-refractivity contribution is -0.121. The fourth-order valence-electron chi connectivity index (χ4n) is 2.14. The summed E-state index contributed by atoms with van der Waals surface area (Å²) in [6, 6.07) is 9.83. The summed E-state index contributed by atoms with van der Waals surface area (Å²) in [5.74, 6) is 1.25. The molecule has 0 spiro atoms. The van der Waals surface area contributed by atoms with Crippen LogP contribution in [0.25, 0.3) is 6.08 Å². The molecule has 1 saturated carbocycles. The molecule has 0 amide bonds. The minimum atomic E-state index is 0.124. The number of allylic oxidation sites excluding steroid dienone is 1. The molecular formula is C18H24O2. The molecule has 2 heteroatoms. The van der Waals surface area contributed by atoms with Gasteiger partial charge in [-0.3, -0.25) is 9.59 Å². The van der Waals surface area contributed by atoms with Gasteiger partial charge in [-0.05, 0) is 49.8 Å². The lowest BCUT2D eigenvalue weighted by Gasteiger charge is -2.14. The van der Waals surface area contributed by atoms with Gasteiger partial charge in [-0.1, -0.05) is 37.3 Å². The van der Waals surface area contributed by atoms with Crippen LogP contribution in [0.3, 0.4) is 0 Å². The van der Waals surface area contributed by atoms with E-state index in [0.29, 0.717) is 11.7 Å². The summed E-state index contributed by atoms with van der Waals surface area (Å²) in [4.78, 5) is 21.6. The molecule has 0 saturated heterocycles. The van der Waals surface area contributed by atoms with Gasteiger partial charge >= 0.3 is 0 Å². The average Bonchev–Trinajstić information content (AvgIpc) is 2.40. The van der Waals surface area contributed by atoms with E-state index in [4.69, 9.17) is 0 Å². The molecule has 1 aliphatic rings. The summed E-state index contributed by atoms with van der Waals surface area (Å²) in [5.41, 5.74) is 1.87. The predicted octanol–water partition coefficient (Wildman–Crippen LogP) is 4.44. The third-order valence-electron chi connectivity index (χ3n) is 3.47. The summed E-state index contributed by atoms with van der Waals surface area (Å²) in [6.07, 6.45) is 5.94. The first-order valence-corrected chi connectivity index (χ1v) is 7.25. The Morgan fingerprint density at radius 2 is 1.85 bits per heavy atom. The van der Waals surface area contributed by atoms with E-state index in [-0.39, 0.29) is 5.78 Å². The fourth-order valence-corrected chi connectivity index (χ4v) is 2.14. The van der Waals surface area contributed by atoms with E-state index in [1.807, 2.05) is 43.3 Å². The number of Topliss-reactive ketones (excluding diaryl/α,β-unsaturated/α-hetero) is 2. The standard InChI is InChI=1S/C11H12O.C7H12O/c1-9(10(2)12)8-11-6-4-3-5-7-11;1-6-3-2-4-7(8)5-6/h3-8H,1-2H3;6H,2-5H2,1H3/b9-8-;. The van der Waals surface area contributed by atoms with Gasteiger partial charge in [0, 0.05) is 12.8 Å². The molecule has 1 aliphatic carbocycles. The highest BCUT2D eigenvalue weighted by atomic mass is 16.1. The van der Waals surface area contributed by atoms with E-state index in [1.54, 1.807) is 6.92 Å². The predicted molar refractivity (Wildman–Crippen MR) is 83.4 cm³/mol. The normalized spacial score (nSPS) is 19.1. The number of benzene rings is 1. The smallest absolute Gasteiger partial charge is 0.155 e. The van der Waals surface area contributed by atoms with Crippen molar-refractivity contribution in [2.75, 3.05) is 0 Å². The van der Waals surface area contributed by atoms with Crippen LogP contribution in [0.1, 0.15) is 52.0 Å². The van der Waals surface area contributed by atoms with Gasteiger partial charge in [-0.2, -0.15) is 0 Å². The maximum Gasteiger partial charge on any atom is 0.155 e. The molecule has 1 atom stereocenters. The molecule has 1 unspecified atom stereocenters. The molecule has 0 N–H and O–H groups in total. The minimum Gasteiger partial charge on any atom is -0.300 e. The van der Waals surface area contributed by atoms with Crippen molar-refractivity contribution in [3.8, 4) is 0 Å². The highest BCUT2D eigenvalue weighted by Gasteiger charge is 2.14. The van der Waals surface area contributed by atoms with Crippen molar-refractivity contribution in [2.24, 2.45) is 5.92 Å². The zero-order valence-corrected chi connectivity index (χ0v) is 12.7. The van der Waals surface area contributed by atoms with Gasteiger partial charge in [-0.15, -0.1) is 0 Å². The molecule has 1 aromatic rings. The van der Waals surface area contributed by atoms with E-state index in [2.05, 4.69) is 6.92 Å². The zero-order chi connectivity index (χ0) is 15.0. The lowest BCUT2D eigenvalue weighted by atomic mass is 9.90. The largest absolute Gasteiger partial charge is 0.300 e. The number of ketones is 2. The third-order valence-corrected chi connectivity index (χ3v) is 3.47. The Morgan fingerprint density at radius 1 is 1.20 bits per heavy atom. The molecule has 0 aliphatic heterocycles. The van der Waals surface area contributed by atoms with E-state index in [9.17, 15) is 9.59 Å². The van der Waals surface area contributed by atoms with E-state index < -0.39 is 0 Å². The molecule has 1 aromatic carbocycles. The Kier molecular flexibility index (Phi) is 6.92. The number of hydrogen-bond acceptors (Lipinski definition) is 2. The molecule has 0 radical (unpaired) electrons. The van der Waals surface area contributed by atoms with Gasteiger partial charge in [0.05, 0.1) is 0 Å². The zero-order valence-electron chi connectivity index (χ0n) is 12.7.